The molecule has 0 saturated heterocycles. The predicted octanol–water partition coefficient (Wildman–Crippen LogP) is 21.4. The van der Waals surface area contributed by atoms with E-state index < -0.39 is 0 Å². The van der Waals surface area contributed by atoms with Gasteiger partial charge in [-0.3, -0.25) is 0 Å². The summed E-state index contributed by atoms with van der Waals surface area (Å²) in [7, 11) is 0. The first-order valence-corrected chi connectivity index (χ1v) is 30.1. The van der Waals surface area contributed by atoms with E-state index in [1.807, 2.05) is 108 Å². The van der Waals surface area contributed by atoms with Gasteiger partial charge in [0.15, 0.2) is 0 Å². The summed E-state index contributed by atoms with van der Waals surface area (Å²) in [6.07, 6.45) is 11.2. The molecule has 428 valence electrons. The minimum Gasteiger partial charge on any atom is -0.423 e. The van der Waals surface area contributed by atoms with Crippen LogP contribution in [0.2, 0.25) is 0 Å². The fourth-order valence-corrected chi connectivity index (χ4v) is 11.7. The van der Waals surface area contributed by atoms with Gasteiger partial charge in [-0.1, -0.05) is 165 Å². The van der Waals surface area contributed by atoms with Crippen LogP contribution in [0.5, 0.6) is 11.5 Å². The number of ether oxygens (including phenoxy) is 2. The highest BCUT2D eigenvalue weighted by molar-refractivity contribution is 5.94. The number of aryl methyl sites for hydroxylation is 14. The largest absolute Gasteiger partial charge is 0.423 e. The van der Waals surface area contributed by atoms with Crippen LogP contribution in [0.4, 0.5) is 0 Å². The molecular formula is C78H92O4. The Labute approximate surface area is 493 Å². The maximum Gasteiger partial charge on any atom is 0.343 e. The highest BCUT2D eigenvalue weighted by atomic mass is 16.5. The Bertz CT molecular complexity index is 3500. The normalized spacial score (nSPS) is 16.5. The topological polar surface area (TPSA) is 52.6 Å². The lowest BCUT2D eigenvalue weighted by Crippen LogP contribution is -2.11. The molecule has 2 fully saturated rings. The van der Waals surface area contributed by atoms with Gasteiger partial charge >= 0.3 is 11.9 Å². The van der Waals surface area contributed by atoms with Gasteiger partial charge in [0, 0.05) is 0 Å². The Balaban J connectivity index is 0.000000163. The lowest BCUT2D eigenvalue weighted by molar-refractivity contribution is 0.0724. The Hall–Kier alpha value is -7.30. The van der Waals surface area contributed by atoms with Crippen molar-refractivity contribution in [2.75, 3.05) is 0 Å². The van der Waals surface area contributed by atoms with Crippen molar-refractivity contribution in [3.63, 3.8) is 0 Å². The quantitative estimate of drug-likeness (QED) is 0.112. The van der Waals surface area contributed by atoms with Crippen LogP contribution in [0.1, 0.15) is 187 Å². The van der Waals surface area contributed by atoms with Crippen molar-refractivity contribution in [1.29, 1.82) is 0 Å². The van der Waals surface area contributed by atoms with Crippen molar-refractivity contribution in [1.82, 2.24) is 0 Å². The zero-order valence-corrected chi connectivity index (χ0v) is 52.5. The molecule has 0 spiro atoms. The van der Waals surface area contributed by atoms with Crippen LogP contribution in [0.3, 0.4) is 0 Å². The number of hydrogen-bond acceptors (Lipinski definition) is 4. The molecule has 0 radical (unpaired) electrons. The summed E-state index contributed by atoms with van der Waals surface area (Å²) in [6, 6.07) is 50.0. The van der Waals surface area contributed by atoms with Crippen molar-refractivity contribution in [3.8, 4) is 33.8 Å². The molecule has 4 heteroatoms. The van der Waals surface area contributed by atoms with E-state index in [-0.39, 0.29) is 11.9 Å². The minimum atomic E-state index is -0.321. The zero-order valence-electron chi connectivity index (χ0n) is 52.5. The Kier molecular flexibility index (Phi) is 21.7. The highest BCUT2D eigenvalue weighted by Crippen LogP contribution is 2.38. The Morgan fingerprint density at radius 1 is 0.317 bits per heavy atom. The maximum atomic E-state index is 12.6. The van der Waals surface area contributed by atoms with E-state index in [1.165, 1.54) is 113 Å². The van der Waals surface area contributed by atoms with Crippen LogP contribution in [0.15, 0.2) is 146 Å². The Morgan fingerprint density at radius 3 is 1.18 bits per heavy atom. The summed E-state index contributed by atoms with van der Waals surface area (Å²) < 4.78 is 11.2. The summed E-state index contributed by atoms with van der Waals surface area (Å²) in [5.74, 6) is 4.08. The molecule has 0 aliphatic heterocycles. The predicted molar refractivity (Wildman–Crippen MR) is 347 cm³/mol. The third kappa shape index (κ3) is 16.9. The average Bonchev–Trinajstić information content (AvgIpc) is 3.52. The fraction of sp³-hybridized carbons (Fsp3) is 0.359. The van der Waals surface area contributed by atoms with Gasteiger partial charge in [-0.05, 0) is 277 Å². The molecule has 2 saturated carbocycles. The third-order valence-corrected chi connectivity index (χ3v) is 17.6. The number of carbonyl (C=O) groups is 2. The van der Waals surface area contributed by atoms with Crippen molar-refractivity contribution in [3.05, 3.63) is 246 Å². The molecule has 2 aliphatic carbocycles. The monoisotopic (exact) mass is 1090 g/mol. The van der Waals surface area contributed by atoms with E-state index >= 15 is 0 Å². The van der Waals surface area contributed by atoms with Gasteiger partial charge in [-0.2, -0.15) is 0 Å². The van der Waals surface area contributed by atoms with Crippen LogP contribution in [0, 0.1) is 109 Å². The Morgan fingerprint density at radius 2 is 0.695 bits per heavy atom. The molecule has 0 aromatic heterocycles. The molecule has 4 nitrogen and oxygen atoms in total. The first-order valence-electron chi connectivity index (χ1n) is 30.1. The smallest absolute Gasteiger partial charge is 0.343 e. The van der Waals surface area contributed by atoms with E-state index in [2.05, 4.69) is 148 Å². The molecule has 0 atom stereocenters. The van der Waals surface area contributed by atoms with Crippen LogP contribution in [-0.2, 0) is 0 Å². The standard InChI is InChI=1S/2C24H24O2.2C15H22/c1-15-6-10-22(18(4)12-15)20-8-11-23(19(5)13-20)24(25)26-21-9-7-16(2)17(3)14-21;1-15-6-10-23(18(4)12-15)24(25)26-21-9-11-22(19(5)14-21)20-8-7-16(2)17(3)13-20;1-11-4-7-14(8-5-11)15-9-6-12(2)13(3)10-15;1-11-4-7-14(8-5-11)15-9-6-12(2)10-13(15)3/h2*6-14H,1-5H3;2*6,9-11,14H,4-5,7-8H2,1-3H3. The minimum absolute atomic E-state index is 0.319. The number of benzene rings is 8. The van der Waals surface area contributed by atoms with E-state index in [4.69, 9.17) is 9.47 Å². The van der Waals surface area contributed by atoms with Gasteiger partial charge < -0.3 is 9.47 Å². The average molecular weight is 1090 g/mol. The molecule has 82 heavy (non-hydrogen) atoms. The second kappa shape index (κ2) is 28.6. The molecule has 0 heterocycles. The van der Waals surface area contributed by atoms with E-state index in [1.54, 1.807) is 11.1 Å². The molecule has 2 aliphatic rings. The lowest BCUT2D eigenvalue weighted by Gasteiger charge is -2.27. The molecule has 10 rings (SSSR count). The number of carbonyl (C=O) groups excluding carboxylic acids is 2. The molecule has 8 aromatic carbocycles. The van der Waals surface area contributed by atoms with Crippen LogP contribution in [-0.4, -0.2) is 11.9 Å². The third-order valence-electron chi connectivity index (χ3n) is 17.6. The lowest BCUT2D eigenvalue weighted by atomic mass is 9.78. The summed E-state index contributed by atoms with van der Waals surface area (Å²) in [6.45, 7) is 34.1. The summed E-state index contributed by atoms with van der Waals surface area (Å²) >= 11 is 0. The number of hydrogen-bond donors (Lipinski definition) is 0. The molecule has 8 aromatic rings. The van der Waals surface area contributed by atoms with Crippen LogP contribution in [0.25, 0.3) is 22.3 Å². The number of rotatable bonds is 8. The van der Waals surface area contributed by atoms with Crippen molar-refractivity contribution in [2.24, 2.45) is 11.8 Å². The molecule has 0 amide bonds. The molecule has 0 bridgehead atoms. The van der Waals surface area contributed by atoms with Gasteiger partial charge in [-0.15, -0.1) is 0 Å². The maximum absolute atomic E-state index is 12.6. The first kappa shape index (κ1) is 62.3. The van der Waals surface area contributed by atoms with E-state index in [0.29, 0.717) is 22.6 Å². The highest BCUT2D eigenvalue weighted by Gasteiger charge is 2.22. The van der Waals surface area contributed by atoms with Gasteiger partial charge in [0.1, 0.15) is 11.5 Å². The second-order valence-electron chi connectivity index (χ2n) is 24.6. The van der Waals surface area contributed by atoms with E-state index in [9.17, 15) is 9.59 Å². The van der Waals surface area contributed by atoms with Gasteiger partial charge in [-0.25, -0.2) is 9.59 Å². The van der Waals surface area contributed by atoms with Crippen molar-refractivity contribution in [2.45, 2.75) is 174 Å². The van der Waals surface area contributed by atoms with Crippen molar-refractivity contribution < 1.29 is 19.1 Å². The van der Waals surface area contributed by atoms with Gasteiger partial charge in [0.25, 0.3) is 0 Å². The SMILES string of the molecule is Cc1ccc(-c2ccc(C(=O)Oc3ccc(C)c(C)c3)c(C)c2)c(C)c1.Cc1ccc(C(=O)Oc2ccc(-c3ccc(C)c(C)c3)c(C)c2)c(C)c1.Cc1ccc(C2CCC(C)CC2)c(C)c1.Cc1ccc(C2CCC(C)CC2)cc1C. The van der Waals surface area contributed by atoms with Crippen molar-refractivity contribution >= 4 is 11.9 Å². The van der Waals surface area contributed by atoms with E-state index in [0.717, 1.165) is 62.6 Å². The first-order chi connectivity index (χ1) is 39.0. The van der Waals surface area contributed by atoms with Gasteiger partial charge in [0.05, 0.1) is 11.1 Å². The molecule has 0 unspecified atom stereocenters. The second-order valence-corrected chi connectivity index (χ2v) is 24.6. The molecular weight excluding hydrogens is 1000 g/mol. The number of esters is 2. The summed E-state index contributed by atoms with van der Waals surface area (Å²) in [5, 5.41) is 0. The summed E-state index contributed by atoms with van der Waals surface area (Å²) in [4.78, 5) is 25.0. The zero-order chi connectivity index (χ0) is 59.4. The summed E-state index contributed by atoms with van der Waals surface area (Å²) in [5.41, 5.74) is 26.1. The van der Waals surface area contributed by atoms with Crippen LogP contribution >= 0.6 is 0 Å². The van der Waals surface area contributed by atoms with Gasteiger partial charge in [0.2, 0.25) is 0 Å². The fourth-order valence-electron chi connectivity index (χ4n) is 11.7. The van der Waals surface area contributed by atoms with Crippen LogP contribution < -0.4 is 9.47 Å². The molecule has 0 N–H and O–H groups in total.